The molecule has 204 valence electrons. The molecule has 0 aliphatic carbocycles. The van der Waals surface area contributed by atoms with Gasteiger partial charge in [0.15, 0.2) is 6.10 Å². The number of unbranched alkanes of at least 4 members (excludes halogenated alkanes) is 1. The third-order valence-corrected chi connectivity index (χ3v) is 5.83. The van der Waals surface area contributed by atoms with Crippen molar-refractivity contribution in [3.63, 3.8) is 0 Å². The van der Waals surface area contributed by atoms with E-state index in [4.69, 9.17) is 37.4 Å². The van der Waals surface area contributed by atoms with E-state index < -0.39 is 12.1 Å². The van der Waals surface area contributed by atoms with Crippen LogP contribution in [0, 0.1) is 0 Å². The van der Waals surface area contributed by atoms with E-state index in [1.165, 1.54) is 0 Å². The predicted molar refractivity (Wildman–Crippen MR) is 145 cm³/mol. The number of amides is 2. The monoisotopic (exact) mass is 554 g/mol. The number of carbonyl (C=O) groups excluding carboxylic acids is 1. The maximum atomic E-state index is 12.5. The first-order chi connectivity index (χ1) is 17.8. The molecule has 10 heteroatoms. The summed E-state index contributed by atoms with van der Waals surface area (Å²) in [6, 6.07) is 12.4. The summed E-state index contributed by atoms with van der Waals surface area (Å²) in [5.74, 6) is -0.331. The van der Waals surface area contributed by atoms with Crippen LogP contribution in [-0.4, -0.2) is 67.6 Å². The zero-order chi connectivity index (χ0) is 27.0. The second kappa shape index (κ2) is 17.1. The van der Waals surface area contributed by atoms with Crippen LogP contribution in [0.4, 0.5) is 4.79 Å². The molecule has 0 aliphatic heterocycles. The average molecular weight is 555 g/mol. The highest BCUT2D eigenvalue weighted by Gasteiger charge is 2.18. The van der Waals surface area contributed by atoms with E-state index in [1.54, 1.807) is 30.0 Å². The fourth-order valence-corrected chi connectivity index (χ4v) is 4.17. The zero-order valence-corrected chi connectivity index (χ0v) is 22.9. The van der Waals surface area contributed by atoms with Gasteiger partial charge < -0.3 is 29.5 Å². The van der Waals surface area contributed by atoms with Crippen molar-refractivity contribution in [1.82, 2.24) is 10.2 Å². The quantitative estimate of drug-likeness (QED) is 0.253. The summed E-state index contributed by atoms with van der Waals surface area (Å²) in [4.78, 5) is 25.5. The standard InChI is InChI=1S/C27H36Cl2N2O6/c1-3-30-27(34)31(11-5-6-13-35-19-21-15-22(28)18-23(29)16-21)12-14-37-24-9-7-20(8-10-24)17-25(26(32)33)36-4-2/h7-10,15-16,18,25H,3-6,11-14,17,19H2,1-2H3,(H,30,34)(H,32,33). The highest BCUT2D eigenvalue weighted by atomic mass is 35.5. The van der Waals surface area contributed by atoms with Gasteiger partial charge in [-0.3, -0.25) is 0 Å². The molecule has 0 fully saturated rings. The number of aliphatic carboxylic acids is 1. The van der Waals surface area contributed by atoms with Crippen LogP contribution in [0.15, 0.2) is 42.5 Å². The maximum Gasteiger partial charge on any atom is 0.333 e. The lowest BCUT2D eigenvalue weighted by molar-refractivity contribution is -0.149. The molecular formula is C27H36Cl2N2O6. The Balaban J connectivity index is 1.74. The largest absolute Gasteiger partial charge is 0.492 e. The van der Waals surface area contributed by atoms with Crippen molar-refractivity contribution in [2.75, 3.05) is 39.5 Å². The van der Waals surface area contributed by atoms with Crippen molar-refractivity contribution in [2.45, 2.75) is 45.8 Å². The van der Waals surface area contributed by atoms with Gasteiger partial charge in [0.25, 0.3) is 0 Å². The van der Waals surface area contributed by atoms with Crippen LogP contribution in [0.3, 0.4) is 0 Å². The van der Waals surface area contributed by atoms with Gasteiger partial charge >= 0.3 is 12.0 Å². The second-order valence-corrected chi connectivity index (χ2v) is 9.21. The Bertz CT molecular complexity index is 954. The van der Waals surface area contributed by atoms with Crippen molar-refractivity contribution in [1.29, 1.82) is 0 Å². The number of hydrogen-bond acceptors (Lipinski definition) is 5. The van der Waals surface area contributed by atoms with Gasteiger partial charge in [-0.05, 0) is 68.1 Å². The van der Waals surface area contributed by atoms with Gasteiger partial charge in [-0.2, -0.15) is 0 Å². The van der Waals surface area contributed by atoms with E-state index in [9.17, 15) is 14.7 Å². The molecule has 0 aromatic heterocycles. The molecule has 37 heavy (non-hydrogen) atoms. The van der Waals surface area contributed by atoms with Gasteiger partial charge in [0.2, 0.25) is 0 Å². The van der Waals surface area contributed by atoms with E-state index in [1.807, 2.05) is 31.2 Å². The molecule has 8 nitrogen and oxygen atoms in total. The summed E-state index contributed by atoms with van der Waals surface area (Å²) in [7, 11) is 0. The average Bonchev–Trinajstić information content (AvgIpc) is 2.85. The van der Waals surface area contributed by atoms with Crippen LogP contribution in [0.2, 0.25) is 10.0 Å². The first-order valence-corrected chi connectivity index (χ1v) is 13.2. The highest BCUT2D eigenvalue weighted by molar-refractivity contribution is 6.34. The van der Waals surface area contributed by atoms with Crippen molar-refractivity contribution in [3.05, 3.63) is 63.6 Å². The summed E-state index contributed by atoms with van der Waals surface area (Å²) in [5, 5.41) is 13.2. The van der Waals surface area contributed by atoms with Crippen LogP contribution in [-0.2, 0) is 27.3 Å². The van der Waals surface area contributed by atoms with Gasteiger partial charge in [-0.15, -0.1) is 0 Å². The predicted octanol–water partition coefficient (Wildman–Crippen LogP) is 5.43. The fourth-order valence-electron chi connectivity index (χ4n) is 3.60. The lowest BCUT2D eigenvalue weighted by Gasteiger charge is -2.23. The smallest absolute Gasteiger partial charge is 0.333 e. The van der Waals surface area contributed by atoms with Crippen LogP contribution < -0.4 is 10.1 Å². The summed E-state index contributed by atoms with van der Waals surface area (Å²) in [5.41, 5.74) is 1.76. The lowest BCUT2D eigenvalue weighted by Crippen LogP contribution is -2.42. The number of nitrogens with zero attached hydrogens (tertiary/aromatic N) is 1. The van der Waals surface area contributed by atoms with Crippen LogP contribution in [0.1, 0.15) is 37.8 Å². The van der Waals surface area contributed by atoms with Crippen molar-refractivity contribution in [3.8, 4) is 5.75 Å². The van der Waals surface area contributed by atoms with Crippen molar-refractivity contribution >= 4 is 35.2 Å². The van der Waals surface area contributed by atoms with E-state index in [-0.39, 0.29) is 12.5 Å². The maximum absolute atomic E-state index is 12.5. The van der Waals surface area contributed by atoms with Crippen molar-refractivity contribution in [2.24, 2.45) is 0 Å². The molecule has 0 spiro atoms. The molecule has 0 saturated heterocycles. The summed E-state index contributed by atoms with van der Waals surface area (Å²) in [6.45, 7) is 6.86. The summed E-state index contributed by atoms with van der Waals surface area (Å²) in [6.07, 6.45) is 0.992. The van der Waals surface area contributed by atoms with Crippen LogP contribution in [0.5, 0.6) is 5.75 Å². The molecule has 2 aromatic rings. The number of carbonyl (C=O) groups is 2. The van der Waals surface area contributed by atoms with Gasteiger partial charge in [0.05, 0.1) is 13.2 Å². The van der Waals surface area contributed by atoms with E-state index in [0.29, 0.717) is 61.9 Å². The first kappa shape index (κ1) is 30.7. The number of nitrogens with one attached hydrogen (secondary N) is 1. The van der Waals surface area contributed by atoms with E-state index in [0.717, 1.165) is 24.0 Å². The van der Waals surface area contributed by atoms with Crippen LogP contribution in [0.25, 0.3) is 0 Å². The van der Waals surface area contributed by atoms with E-state index >= 15 is 0 Å². The topological polar surface area (TPSA) is 97.3 Å². The normalized spacial score (nSPS) is 11.7. The Morgan fingerprint density at radius 1 is 0.973 bits per heavy atom. The molecule has 2 aromatic carbocycles. The number of carboxylic acid groups (broad SMARTS) is 1. The Morgan fingerprint density at radius 3 is 2.30 bits per heavy atom. The Morgan fingerprint density at radius 2 is 1.68 bits per heavy atom. The molecule has 1 atom stereocenters. The number of carboxylic acids is 1. The molecule has 0 bridgehead atoms. The Kier molecular flexibility index (Phi) is 14.2. The number of ether oxygens (including phenoxy) is 3. The molecular weight excluding hydrogens is 519 g/mol. The number of rotatable bonds is 17. The Hall–Kier alpha value is -2.52. The molecule has 2 amide bonds. The van der Waals surface area contributed by atoms with Crippen LogP contribution >= 0.6 is 23.2 Å². The zero-order valence-electron chi connectivity index (χ0n) is 21.4. The van der Waals surface area contributed by atoms with Gasteiger partial charge in [0, 0.05) is 42.8 Å². The first-order valence-electron chi connectivity index (χ1n) is 12.4. The number of urea groups is 1. The summed E-state index contributed by atoms with van der Waals surface area (Å²) >= 11 is 12.0. The molecule has 0 radical (unpaired) electrons. The SMILES string of the molecule is CCNC(=O)N(CCCCOCc1cc(Cl)cc(Cl)c1)CCOc1ccc(CC(OCC)C(=O)O)cc1. The van der Waals surface area contributed by atoms with Crippen molar-refractivity contribution < 1.29 is 28.9 Å². The minimum Gasteiger partial charge on any atom is -0.492 e. The van der Waals surface area contributed by atoms with E-state index in [2.05, 4.69) is 5.32 Å². The third kappa shape index (κ3) is 12.0. The second-order valence-electron chi connectivity index (χ2n) is 8.34. The minimum atomic E-state index is -0.981. The minimum absolute atomic E-state index is 0.133. The Labute approximate surface area is 228 Å². The summed E-state index contributed by atoms with van der Waals surface area (Å²) < 4.78 is 16.8. The highest BCUT2D eigenvalue weighted by Crippen LogP contribution is 2.19. The van der Waals surface area contributed by atoms with Gasteiger partial charge in [-0.1, -0.05) is 35.3 Å². The molecule has 0 heterocycles. The number of benzene rings is 2. The number of hydrogen-bond donors (Lipinski definition) is 2. The number of halogens is 2. The fraction of sp³-hybridized carbons (Fsp3) is 0.481. The molecule has 0 saturated carbocycles. The van der Waals surface area contributed by atoms with Gasteiger partial charge in [0.1, 0.15) is 12.4 Å². The molecule has 0 aliphatic rings. The molecule has 2 rings (SSSR count). The molecule has 2 N–H and O–H groups in total. The lowest BCUT2D eigenvalue weighted by atomic mass is 10.1. The molecule has 1 unspecified atom stereocenters. The van der Waals surface area contributed by atoms with Gasteiger partial charge in [-0.25, -0.2) is 9.59 Å². The third-order valence-electron chi connectivity index (χ3n) is 5.39.